The van der Waals surface area contributed by atoms with E-state index in [1.165, 1.54) is 4.57 Å². The number of hydrogen-bond donors (Lipinski definition) is 2. The summed E-state index contributed by atoms with van der Waals surface area (Å²) in [6.45, 7) is 0.829. The summed E-state index contributed by atoms with van der Waals surface area (Å²) in [4.78, 5) is 2.77. The van der Waals surface area contributed by atoms with Crippen molar-refractivity contribution in [1.29, 1.82) is 0 Å². The minimum absolute atomic E-state index is 0.00472. The Morgan fingerprint density at radius 1 is 1.04 bits per heavy atom. The van der Waals surface area contributed by atoms with Gasteiger partial charge in [-0.3, -0.25) is 0 Å². The molecule has 4 nitrogen and oxygen atoms in total. The van der Waals surface area contributed by atoms with E-state index in [4.69, 9.17) is 4.74 Å². The number of alkyl halides is 2. The molecule has 0 unspecified atom stereocenters. The van der Waals surface area contributed by atoms with Crippen LogP contribution in [-0.2, 0) is 12.5 Å². The molecule has 0 aliphatic heterocycles. The monoisotopic (exact) mass is 383 g/mol. The van der Waals surface area contributed by atoms with Gasteiger partial charge in [0.15, 0.2) is 11.0 Å². The van der Waals surface area contributed by atoms with Gasteiger partial charge in [-0.2, -0.15) is 8.78 Å². The first-order valence-corrected chi connectivity index (χ1v) is 9.11. The third kappa shape index (κ3) is 3.55. The van der Waals surface area contributed by atoms with Gasteiger partial charge in [0.25, 0.3) is 0 Å². The topological polar surface area (TPSA) is 49.1 Å². The number of aliphatic hydroxyl groups excluding tert-OH is 1. The molecule has 28 heavy (non-hydrogen) atoms. The molecule has 0 spiro atoms. The number of aromatic amines is 1. The summed E-state index contributed by atoms with van der Waals surface area (Å²) in [6, 6.07) is 20.5. The molecule has 1 aromatic heterocycles. The average Bonchev–Trinajstić information content (AvgIpc) is 3.05. The van der Waals surface area contributed by atoms with E-state index in [-0.39, 0.29) is 19.0 Å². The highest BCUT2D eigenvalue weighted by Gasteiger charge is 2.38. The predicted molar refractivity (Wildman–Crippen MR) is 104 cm³/mol. The maximum atomic E-state index is 14.1. The van der Waals surface area contributed by atoms with Crippen LogP contribution in [0.1, 0.15) is 12.7 Å². The Labute approximate surface area is 161 Å². The summed E-state index contributed by atoms with van der Waals surface area (Å²) >= 11 is 0. The minimum atomic E-state index is -3.06. The highest BCUT2D eigenvalue weighted by Crippen LogP contribution is 2.26. The fraction of sp³-hybridized carbons (Fsp3) is 0.227. The lowest BCUT2D eigenvalue weighted by Gasteiger charge is -2.14. The Kier molecular flexibility index (Phi) is 4.73. The Morgan fingerprint density at radius 2 is 1.75 bits per heavy atom. The first-order valence-electron chi connectivity index (χ1n) is 9.11. The van der Waals surface area contributed by atoms with Crippen molar-refractivity contribution in [3.05, 3.63) is 72.6 Å². The molecule has 0 aliphatic rings. The molecule has 4 aromatic rings. The van der Waals surface area contributed by atoms with E-state index in [0.717, 1.165) is 17.7 Å². The third-order valence-electron chi connectivity index (χ3n) is 4.71. The lowest BCUT2D eigenvalue weighted by Crippen LogP contribution is -2.47. The number of para-hydroxylation sites is 2. The van der Waals surface area contributed by atoms with Crippen molar-refractivity contribution < 1.29 is 23.2 Å². The zero-order chi connectivity index (χ0) is 19.7. The molecule has 4 rings (SSSR count). The van der Waals surface area contributed by atoms with Gasteiger partial charge < -0.3 is 9.84 Å². The molecule has 1 heterocycles. The second-order valence-corrected chi connectivity index (χ2v) is 6.93. The second-order valence-electron chi connectivity index (χ2n) is 6.93. The fourth-order valence-corrected chi connectivity index (χ4v) is 3.44. The molecule has 0 amide bonds. The SMILES string of the molecule is CC(F)(F)c1[nH]c2ccccc2[n+]1C[C@@H](O)COc1cccc2ccccc12. The number of rotatable bonds is 6. The number of nitrogens with one attached hydrogen (secondary N) is 1. The van der Waals surface area contributed by atoms with Gasteiger partial charge in [-0.1, -0.05) is 48.5 Å². The molecule has 0 saturated heterocycles. The highest BCUT2D eigenvalue weighted by molar-refractivity contribution is 5.88. The lowest BCUT2D eigenvalue weighted by molar-refractivity contribution is -0.694. The first-order chi connectivity index (χ1) is 13.4. The molecule has 6 heteroatoms. The van der Waals surface area contributed by atoms with Crippen LogP contribution in [-0.4, -0.2) is 22.8 Å². The second kappa shape index (κ2) is 7.20. The van der Waals surface area contributed by atoms with E-state index in [0.29, 0.717) is 16.8 Å². The van der Waals surface area contributed by atoms with Crippen LogP contribution in [0.3, 0.4) is 0 Å². The van der Waals surface area contributed by atoms with Gasteiger partial charge in [-0.15, -0.1) is 0 Å². The highest BCUT2D eigenvalue weighted by atomic mass is 19.3. The van der Waals surface area contributed by atoms with Crippen molar-refractivity contribution in [3.8, 4) is 5.75 Å². The minimum Gasteiger partial charge on any atom is -0.490 e. The summed E-state index contributed by atoms with van der Waals surface area (Å²) in [6.07, 6.45) is -0.954. The number of imidazole rings is 1. The Morgan fingerprint density at radius 3 is 2.57 bits per heavy atom. The summed E-state index contributed by atoms with van der Waals surface area (Å²) in [5, 5.41) is 12.5. The molecular weight excluding hydrogens is 362 g/mol. The number of aromatic nitrogens is 2. The number of ether oxygens (including phenoxy) is 1. The molecule has 2 N–H and O–H groups in total. The van der Waals surface area contributed by atoms with Gasteiger partial charge in [-0.05, 0) is 23.6 Å². The molecular formula is C22H21F2N2O2+. The van der Waals surface area contributed by atoms with E-state index in [1.807, 2.05) is 42.5 Å². The maximum absolute atomic E-state index is 14.1. The predicted octanol–water partition coefficient (Wildman–Crippen LogP) is 4.16. The van der Waals surface area contributed by atoms with E-state index < -0.39 is 12.0 Å². The van der Waals surface area contributed by atoms with Crippen molar-refractivity contribution in [2.45, 2.75) is 25.5 Å². The number of aliphatic hydroxyl groups is 1. The number of halogens is 2. The Balaban J connectivity index is 1.56. The van der Waals surface area contributed by atoms with Crippen molar-refractivity contribution in [2.75, 3.05) is 6.61 Å². The molecule has 0 bridgehead atoms. The molecule has 0 saturated carbocycles. The van der Waals surface area contributed by atoms with Gasteiger partial charge in [-0.25, -0.2) is 9.55 Å². The Bertz CT molecular complexity index is 1110. The van der Waals surface area contributed by atoms with E-state index >= 15 is 0 Å². The smallest absolute Gasteiger partial charge is 0.343 e. The standard InChI is InChI=1S/C22H20F2N2O2/c1-22(23,24)21-25-18-10-4-5-11-19(18)26(21)13-16(27)14-28-20-12-6-8-15-7-2-3-9-17(15)20/h2-12,16,27H,13-14H2,1H3/p+1/t16-/m1/s1. The van der Waals surface area contributed by atoms with Crippen LogP contribution >= 0.6 is 0 Å². The zero-order valence-electron chi connectivity index (χ0n) is 15.4. The van der Waals surface area contributed by atoms with Crippen LogP contribution in [0.2, 0.25) is 0 Å². The largest absolute Gasteiger partial charge is 0.490 e. The van der Waals surface area contributed by atoms with Crippen molar-refractivity contribution in [2.24, 2.45) is 0 Å². The van der Waals surface area contributed by atoms with Crippen LogP contribution in [0, 0.1) is 0 Å². The maximum Gasteiger partial charge on any atom is 0.343 e. The average molecular weight is 383 g/mol. The van der Waals surface area contributed by atoms with Crippen LogP contribution in [0.25, 0.3) is 21.8 Å². The lowest BCUT2D eigenvalue weighted by atomic mass is 10.1. The number of H-pyrrole nitrogens is 1. The molecule has 0 radical (unpaired) electrons. The first kappa shape index (κ1) is 18.4. The number of nitrogens with zero attached hydrogens (tertiary/aromatic N) is 1. The normalized spacial score (nSPS) is 13.1. The van der Waals surface area contributed by atoms with Gasteiger partial charge in [0.2, 0.25) is 0 Å². The van der Waals surface area contributed by atoms with Crippen LogP contribution in [0.4, 0.5) is 8.78 Å². The van der Waals surface area contributed by atoms with Crippen molar-refractivity contribution >= 4 is 21.8 Å². The number of fused-ring (bicyclic) bond motifs is 2. The molecule has 1 atom stereocenters. The summed E-state index contributed by atoms with van der Waals surface area (Å²) in [5.74, 6) is -2.64. The quantitative estimate of drug-likeness (QED) is 0.491. The fourth-order valence-electron chi connectivity index (χ4n) is 3.44. The van der Waals surface area contributed by atoms with Gasteiger partial charge in [0, 0.05) is 12.3 Å². The van der Waals surface area contributed by atoms with Crippen LogP contribution < -0.4 is 9.30 Å². The van der Waals surface area contributed by atoms with E-state index in [9.17, 15) is 13.9 Å². The van der Waals surface area contributed by atoms with E-state index in [1.54, 1.807) is 24.3 Å². The number of benzene rings is 3. The third-order valence-corrected chi connectivity index (χ3v) is 4.71. The van der Waals surface area contributed by atoms with Gasteiger partial charge in [0.1, 0.15) is 25.0 Å². The molecule has 3 aromatic carbocycles. The summed E-state index contributed by atoms with van der Waals surface area (Å²) in [5.41, 5.74) is 1.21. The molecule has 144 valence electrons. The summed E-state index contributed by atoms with van der Waals surface area (Å²) in [7, 11) is 0. The van der Waals surface area contributed by atoms with Gasteiger partial charge >= 0.3 is 11.7 Å². The van der Waals surface area contributed by atoms with Crippen LogP contribution in [0.15, 0.2) is 66.7 Å². The molecule has 0 fully saturated rings. The summed E-state index contributed by atoms with van der Waals surface area (Å²) < 4.78 is 35.4. The molecule has 0 aliphatic carbocycles. The van der Waals surface area contributed by atoms with E-state index in [2.05, 4.69) is 4.98 Å². The number of hydrogen-bond acceptors (Lipinski definition) is 2. The van der Waals surface area contributed by atoms with Crippen molar-refractivity contribution in [3.63, 3.8) is 0 Å². The zero-order valence-corrected chi connectivity index (χ0v) is 15.4. The van der Waals surface area contributed by atoms with Gasteiger partial charge in [0.05, 0.1) is 0 Å². The van der Waals surface area contributed by atoms with Crippen LogP contribution in [0.5, 0.6) is 5.75 Å². The van der Waals surface area contributed by atoms with Crippen molar-refractivity contribution in [1.82, 2.24) is 4.98 Å². The Hall–Kier alpha value is -2.99.